The van der Waals surface area contributed by atoms with E-state index in [4.69, 9.17) is 5.73 Å². The molecule has 2 aliphatic rings. The van der Waals surface area contributed by atoms with Crippen LogP contribution in [0, 0.1) is 11.8 Å². The van der Waals surface area contributed by atoms with Gasteiger partial charge in [-0.15, -0.1) is 0 Å². The van der Waals surface area contributed by atoms with Crippen LogP contribution in [0.5, 0.6) is 0 Å². The highest BCUT2D eigenvalue weighted by Gasteiger charge is 2.22. The van der Waals surface area contributed by atoms with Crippen LogP contribution in [-0.4, -0.2) is 36.6 Å². The lowest BCUT2D eigenvalue weighted by Crippen LogP contribution is -2.47. The molecule has 0 unspecified atom stereocenters. The zero-order chi connectivity index (χ0) is 13.7. The summed E-state index contributed by atoms with van der Waals surface area (Å²) in [4.78, 5) is 12.8. The van der Waals surface area contributed by atoms with Crippen molar-refractivity contribution in [2.45, 2.75) is 57.9 Å². The second-order valence-corrected chi connectivity index (χ2v) is 6.47. The number of nitrogens with one attached hydrogen (secondary N) is 1. The SMILES string of the molecule is CC1CCC(CCNC2CCN(C(N)=O)CC2)CC1. The van der Waals surface area contributed by atoms with Crippen molar-refractivity contribution in [1.82, 2.24) is 10.2 Å². The molecule has 0 spiro atoms. The van der Waals surface area contributed by atoms with Gasteiger partial charge in [0, 0.05) is 19.1 Å². The number of primary amides is 1. The zero-order valence-electron chi connectivity index (χ0n) is 12.2. The normalized spacial score (nSPS) is 29.4. The summed E-state index contributed by atoms with van der Waals surface area (Å²) < 4.78 is 0. The van der Waals surface area contributed by atoms with Crippen molar-refractivity contribution in [2.24, 2.45) is 17.6 Å². The molecule has 0 bridgehead atoms. The van der Waals surface area contributed by atoms with E-state index in [9.17, 15) is 4.79 Å². The summed E-state index contributed by atoms with van der Waals surface area (Å²) in [5.74, 6) is 1.89. The number of hydrogen-bond acceptors (Lipinski definition) is 2. The summed E-state index contributed by atoms with van der Waals surface area (Å²) >= 11 is 0. The van der Waals surface area contributed by atoms with E-state index < -0.39 is 0 Å². The molecular formula is C15H29N3O. The molecule has 4 heteroatoms. The van der Waals surface area contributed by atoms with Gasteiger partial charge < -0.3 is 16.0 Å². The molecule has 2 amide bonds. The van der Waals surface area contributed by atoms with Crippen molar-refractivity contribution >= 4 is 6.03 Å². The molecule has 0 radical (unpaired) electrons. The Kier molecular flexibility index (Phi) is 5.49. The van der Waals surface area contributed by atoms with Gasteiger partial charge in [-0.25, -0.2) is 4.79 Å². The number of rotatable bonds is 4. The fourth-order valence-electron chi connectivity index (χ4n) is 3.41. The van der Waals surface area contributed by atoms with Gasteiger partial charge in [-0.2, -0.15) is 0 Å². The molecule has 2 rings (SSSR count). The molecule has 0 atom stereocenters. The molecule has 0 aromatic rings. The van der Waals surface area contributed by atoms with E-state index in [2.05, 4.69) is 12.2 Å². The van der Waals surface area contributed by atoms with Crippen LogP contribution >= 0.6 is 0 Å². The average Bonchev–Trinajstić information content (AvgIpc) is 2.41. The molecule has 110 valence electrons. The Bertz CT molecular complexity index is 279. The molecule has 0 aromatic carbocycles. The molecule has 1 saturated heterocycles. The first-order valence-corrected chi connectivity index (χ1v) is 7.93. The fourth-order valence-corrected chi connectivity index (χ4v) is 3.41. The van der Waals surface area contributed by atoms with Crippen LogP contribution in [0.15, 0.2) is 0 Å². The van der Waals surface area contributed by atoms with Gasteiger partial charge in [0.1, 0.15) is 0 Å². The van der Waals surface area contributed by atoms with Gasteiger partial charge >= 0.3 is 6.03 Å². The van der Waals surface area contributed by atoms with E-state index >= 15 is 0 Å². The van der Waals surface area contributed by atoms with Crippen molar-refractivity contribution in [3.05, 3.63) is 0 Å². The number of hydrogen-bond donors (Lipinski definition) is 2. The first-order chi connectivity index (χ1) is 9.15. The third-order valence-electron chi connectivity index (χ3n) is 4.93. The highest BCUT2D eigenvalue weighted by molar-refractivity contribution is 5.72. The predicted octanol–water partition coefficient (Wildman–Crippen LogP) is 2.34. The number of nitrogens with zero attached hydrogens (tertiary/aromatic N) is 1. The fraction of sp³-hybridized carbons (Fsp3) is 0.933. The third-order valence-corrected chi connectivity index (χ3v) is 4.93. The second kappa shape index (κ2) is 7.13. The van der Waals surface area contributed by atoms with E-state index in [-0.39, 0.29) is 6.03 Å². The average molecular weight is 267 g/mol. The quantitative estimate of drug-likeness (QED) is 0.821. The van der Waals surface area contributed by atoms with Crippen LogP contribution in [0.25, 0.3) is 0 Å². The lowest BCUT2D eigenvalue weighted by molar-refractivity contribution is 0.184. The molecule has 1 heterocycles. The highest BCUT2D eigenvalue weighted by atomic mass is 16.2. The molecule has 1 aliphatic heterocycles. The Morgan fingerprint density at radius 2 is 1.79 bits per heavy atom. The highest BCUT2D eigenvalue weighted by Crippen LogP contribution is 2.30. The number of nitrogens with two attached hydrogens (primary N) is 1. The zero-order valence-corrected chi connectivity index (χ0v) is 12.2. The minimum atomic E-state index is -0.269. The van der Waals surface area contributed by atoms with Gasteiger partial charge in [0.15, 0.2) is 0 Å². The summed E-state index contributed by atoms with van der Waals surface area (Å²) in [5.41, 5.74) is 5.29. The number of urea groups is 1. The van der Waals surface area contributed by atoms with Gasteiger partial charge in [0.25, 0.3) is 0 Å². The summed E-state index contributed by atoms with van der Waals surface area (Å²) in [5, 5.41) is 3.66. The standard InChI is InChI=1S/C15H29N3O/c1-12-2-4-13(5-3-12)6-9-17-14-7-10-18(11-8-14)15(16)19/h12-14,17H,2-11H2,1H3,(H2,16,19). The maximum atomic E-state index is 11.0. The lowest BCUT2D eigenvalue weighted by Gasteiger charge is -2.32. The van der Waals surface area contributed by atoms with E-state index in [0.29, 0.717) is 6.04 Å². The maximum absolute atomic E-state index is 11.0. The van der Waals surface area contributed by atoms with Crippen LogP contribution in [0.2, 0.25) is 0 Å². The Morgan fingerprint density at radius 3 is 2.37 bits per heavy atom. The summed E-state index contributed by atoms with van der Waals surface area (Å²) in [6, 6.07) is 0.313. The number of carbonyl (C=O) groups excluding carboxylic acids is 1. The van der Waals surface area contributed by atoms with E-state index in [1.807, 2.05) is 0 Å². The molecule has 3 N–H and O–H groups in total. The van der Waals surface area contributed by atoms with Gasteiger partial charge in [-0.1, -0.05) is 32.6 Å². The van der Waals surface area contributed by atoms with Crippen LogP contribution in [0.4, 0.5) is 4.79 Å². The Morgan fingerprint density at radius 1 is 1.16 bits per heavy atom. The van der Waals surface area contributed by atoms with Gasteiger partial charge in [0.2, 0.25) is 0 Å². The van der Waals surface area contributed by atoms with Crippen molar-refractivity contribution in [3.63, 3.8) is 0 Å². The minimum absolute atomic E-state index is 0.269. The third kappa shape index (κ3) is 4.68. The smallest absolute Gasteiger partial charge is 0.314 e. The van der Waals surface area contributed by atoms with Crippen LogP contribution in [0.1, 0.15) is 51.9 Å². The summed E-state index contributed by atoms with van der Waals surface area (Å²) in [6.07, 6.45) is 9.09. The monoisotopic (exact) mass is 267 g/mol. The lowest BCUT2D eigenvalue weighted by atomic mass is 9.81. The first-order valence-electron chi connectivity index (χ1n) is 7.93. The maximum Gasteiger partial charge on any atom is 0.314 e. The van der Waals surface area contributed by atoms with Crippen LogP contribution < -0.4 is 11.1 Å². The molecule has 19 heavy (non-hydrogen) atoms. The van der Waals surface area contributed by atoms with Gasteiger partial charge in [-0.05, 0) is 37.6 Å². The van der Waals surface area contributed by atoms with Gasteiger partial charge in [0.05, 0.1) is 0 Å². The van der Waals surface area contributed by atoms with E-state index in [1.165, 1.54) is 32.1 Å². The summed E-state index contributed by atoms with van der Waals surface area (Å²) in [7, 11) is 0. The molecule has 1 saturated carbocycles. The Balaban J connectivity index is 1.56. The predicted molar refractivity (Wildman–Crippen MR) is 77.9 cm³/mol. The molecule has 0 aromatic heterocycles. The largest absolute Gasteiger partial charge is 0.351 e. The van der Waals surface area contributed by atoms with Gasteiger partial charge in [-0.3, -0.25) is 0 Å². The minimum Gasteiger partial charge on any atom is -0.351 e. The summed E-state index contributed by atoms with van der Waals surface area (Å²) in [6.45, 7) is 5.14. The van der Waals surface area contributed by atoms with Crippen molar-refractivity contribution in [3.8, 4) is 0 Å². The number of carbonyl (C=O) groups is 1. The van der Waals surface area contributed by atoms with Crippen LogP contribution in [0.3, 0.4) is 0 Å². The Labute approximate surface area is 117 Å². The van der Waals surface area contributed by atoms with E-state index in [0.717, 1.165) is 44.3 Å². The number of likely N-dealkylation sites (tertiary alicyclic amines) is 1. The molecular weight excluding hydrogens is 238 g/mol. The number of piperidine rings is 1. The van der Waals surface area contributed by atoms with Crippen LogP contribution in [-0.2, 0) is 0 Å². The number of amides is 2. The van der Waals surface area contributed by atoms with Crippen molar-refractivity contribution in [1.29, 1.82) is 0 Å². The molecule has 2 fully saturated rings. The van der Waals surface area contributed by atoms with E-state index in [1.54, 1.807) is 4.90 Å². The first kappa shape index (κ1) is 14.6. The van der Waals surface area contributed by atoms with Crippen molar-refractivity contribution < 1.29 is 4.79 Å². The topological polar surface area (TPSA) is 58.4 Å². The second-order valence-electron chi connectivity index (χ2n) is 6.47. The molecule has 1 aliphatic carbocycles. The molecule has 4 nitrogen and oxygen atoms in total. The van der Waals surface area contributed by atoms with Crippen molar-refractivity contribution in [2.75, 3.05) is 19.6 Å². The Hall–Kier alpha value is -0.770.